The van der Waals surface area contributed by atoms with Crippen LogP contribution < -0.4 is 0 Å². The molecule has 0 aliphatic carbocycles. The third kappa shape index (κ3) is 2.43. The van der Waals surface area contributed by atoms with Crippen molar-refractivity contribution in [1.82, 2.24) is 0 Å². The first-order chi connectivity index (χ1) is 7.24. The number of benzene rings is 1. The van der Waals surface area contributed by atoms with E-state index in [0.29, 0.717) is 5.41 Å². The summed E-state index contributed by atoms with van der Waals surface area (Å²) in [7, 11) is 0. The summed E-state index contributed by atoms with van der Waals surface area (Å²) in [5, 5.41) is 0.938. The quantitative estimate of drug-likeness (QED) is 0.745. The van der Waals surface area contributed by atoms with Gasteiger partial charge in [-0.1, -0.05) is 47.1 Å². The summed E-state index contributed by atoms with van der Waals surface area (Å²) < 4.78 is 5.42. The van der Waals surface area contributed by atoms with E-state index in [0.717, 1.165) is 31.4 Å². The molecule has 0 N–H and O–H groups in total. The zero-order chi connectivity index (χ0) is 10.7. The van der Waals surface area contributed by atoms with Crippen LogP contribution in [-0.4, -0.2) is 13.2 Å². The highest BCUT2D eigenvalue weighted by atomic mass is 79.9. The molecule has 0 amide bonds. The summed E-state index contributed by atoms with van der Waals surface area (Å²) in [5.41, 5.74) is 3.12. The van der Waals surface area contributed by atoms with Gasteiger partial charge >= 0.3 is 0 Å². The molecule has 0 saturated carbocycles. The van der Waals surface area contributed by atoms with E-state index in [1.165, 1.54) is 11.1 Å². The third-order valence-corrected chi connectivity index (χ3v) is 4.05. The van der Waals surface area contributed by atoms with E-state index in [9.17, 15) is 0 Å². The Morgan fingerprint density at radius 2 is 1.80 bits per heavy atom. The van der Waals surface area contributed by atoms with E-state index >= 15 is 0 Å². The van der Waals surface area contributed by atoms with Crippen LogP contribution in [0.25, 0.3) is 0 Å². The van der Waals surface area contributed by atoms with E-state index < -0.39 is 0 Å². The summed E-state index contributed by atoms with van der Waals surface area (Å²) in [5.74, 6) is 0. The Morgan fingerprint density at radius 3 is 2.33 bits per heavy atom. The van der Waals surface area contributed by atoms with Crippen LogP contribution >= 0.6 is 15.9 Å². The first kappa shape index (κ1) is 11.2. The lowest BCUT2D eigenvalue weighted by molar-refractivity contribution is 0.0564. The number of ether oxygens (including phenoxy) is 1. The molecule has 0 aromatic heterocycles. The minimum Gasteiger partial charge on any atom is -0.381 e. The molecular weight excluding hydrogens is 252 g/mol. The van der Waals surface area contributed by atoms with Gasteiger partial charge in [-0.3, -0.25) is 0 Å². The number of hydrogen-bond acceptors (Lipinski definition) is 1. The molecule has 1 aromatic rings. The molecule has 0 bridgehead atoms. The molecule has 1 heterocycles. The van der Waals surface area contributed by atoms with Crippen LogP contribution in [0.5, 0.6) is 0 Å². The van der Waals surface area contributed by atoms with E-state index in [1.54, 1.807) is 0 Å². The molecular formula is C13H17BrO. The standard InChI is InChI=1S/C13H17BrO/c1-13(6-8-15-9-7-13)12-4-2-11(10-14)3-5-12/h2-5H,6-10H2,1H3. The number of alkyl halides is 1. The van der Waals surface area contributed by atoms with Gasteiger partial charge in [0.05, 0.1) is 0 Å². The molecule has 0 radical (unpaired) electrons. The van der Waals surface area contributed by atoms with Gasteiger partial charge in [-0.2, -0.15) is 0 Å². The van der Waals surface area contributed by atoms with E-state index in [2.05, 4.69) is 47.1 Å². The van der Waals surface area contributed by atoms with Crippen molar-refractivity contribution in [3.63, 3.8) is 0 Å². The Labute approximate surface area is 100.0 Å². The second-order valence-corrected chi connectivity index (χ2v) is 5.06. The Morgan fingerprint density at radius 1 is 1.20 bits per heavy atom. The lowest BCUT2D eigenvalue weighted by atomic mass is 9.76. The van der Waals surface area contributed by atoms with Crippen molar-refractivity contribution in [3.05, 3.63) is 35.4 Å². The Bertz CT molecular complexity index is 312. The maximum atomic E-state index is 5.42. The second-order valence-electron chi connectivity index (χ2n) is 4.50. The van der Waals surface area contributed by atoms with Crippen molar-refractivity contribution in [3.8, 4) is 0 Å². The smallest absolute Gasteiger partial charge is 0.0474 e. The van der Waals surface area contributed by atoms with Crippen LogP contribution in [0.2, 0.25) is 0 Å². The highest BCUT2D eigenvalue weighted by Gasteiger charge is 2.28. The number of hydrogen-bond donors (Lipinski definition) is 0. The number of rotatable bonds is 2. The van der Waals surface area contributed by atoms with Crippen LogP contribution in [0.3, 0.4) is 0 Å². The molecule has 1 aliphatic rings. The summed E-state index contributed by atoms with van der Waals surface area (Å²) in [6, 6.07) is 8.96. The van der Waals surface area contributed by atoms with Crippen LogP contribution in [-0.2, 0) is 15.5 Å². The predicted molar refractivity (Wildman–Crippen MR) is 66.5 cm³/mol. The topological polar surface area (TPSA) is 9.23 Å². The van der Waals surface area contributed by atoms with E-state index in [-0.39, 0.29) is 0 Å². The fourth-order valence-corrected chi connectivity index (χ4v) is 2.48. The summed E-state index contributed by atoms with van der Waals surface area (Å²) in [6.07, 6.45) is 2.28. The zero-order valence-electron chi connectivity index (χ0n) is 9.13. The molecule has 0 spiro atoms. The largest absolute Gasteiger partial charge is 0.381 e. The maximum absolute atomic E-state index is 5.42. The predicted octanol–water partition coefficient (Wildman–Crippen LogP) is 3.65. The van der Waals surface area contributed by atoms with Crippen LogP contribution in [0, 0.1) is 0 Å². The Kier molecular flexibility index (Phi) is 3.47. The average Bonchev–Trinajstić information content (AvgIpc) is 2.30. The molecule has 82 valence electrons. The third-order valence-electron chi connectivity index (χ3n) is 3.40. The van der Waals surface area contributed by atoms with Gasteiger partial charge in [-0.05, 0) is 29.4 Å². The highest BCUT2D eigenvalue weighted by Crippen LogP contribution is 2.34. The summed E-state index contributed by atoms with van der Waals surface area (Å²) >= 11 is 3.47. The molecule has 2 rings (SSSR count). The van der Waals surface area contributed by atoms with Gasteiger partial charge in [-0.25, -0.2) is 0 Å². The fraction of sp³-hybridized carbons (Fsp3) is 0.538. The van der Waals surface area contributed by atoms with Crippen LogP contribution in [0.4, 0.5) is 0 Å². The molecule has 0 unspecified atom stereocenters. The first-order valence-electron chi connectivity index (χ1n) is 5.48. The van der Waals surface area contributed by atoms with Crippen molar-refractivity contribution in [2.24, 2.45) is 0 Å². The maximum Gasteiger partial charge on any atom is 0.0474 e. The normalized spacial score (nSPS) is 20.1. The molecule has 0 atom stereocenters. The van der Waals surface area contributed by atoms with Crippen molar-refractivity contribution in [2.45, 2.75) is 30.5 Å². The zero-order valence-corrected chi connectivity index (χ0v) is 10.7. The van der Waals surface area contributed by atoms with Gasteiger partial charge in [0, 0.05) is 18.5 Å². The molecule has 1 saturated heterocycles. The molecule has 1 fully saturated rings. The molecule has 15 heavy (non-hydrogen) atoms. The van der Waals surface area contributed by atoms with E-state index in [4.69, 9.17) is 4.74 Å². The van der Waals surface area contributed by atoms with Crippen LogP contribution in [0.1, 0.15) is 30.9 Å². The van der Waals surface area contributed by atoms with E-state index in [1.807, 2.05) is 0 Å². The SMILES string of the molecule is CC1(c2ccc(CBr)cc2)CCOCC1. The Hall–Kier alpha value is -0.340. The van der Waals surface area contributed by atoms with Crippen LogP contribution in [0.15, 0.2) is 24.3 Å². The minimum atomic E-state index is 0.323. The second kappa shape index (κ2) is 4.67. The average molecular weight is 269 g/mol. The number of halogens is 1. The molecule has 1 aliphatic heterocycles. The van der Waals surface area contributed by atoms with Gasteiger partial charge in [0.15, 0.2) is 0 Å². The minimum absolute atomic E-state index is 0.323. The fourth-order valence-electron chi connectivity index (χ4n) is 2.11. The van der Waals surface area contributed by atoms with Gasteiger partial charge in [0.2, 0.25) is 0 Å². The lowest BCUT2D eigenvalue weighted by Gasteiger charge is -2.34. The molecule has 1 aromatic carbocycles. The van der Waals surface area contributed by atoms with Gasteiger partial charge in [0.1, 0.15) is 0 Å². The monoisotopic (exact) mass is 268 g/mol. The Balaban J connectivity index is 2.20. The van der Waals surface area contributed by atoms with Crippen molar-refractivity contribution in [1.29, 1.82) is 0 Å². The molecule has 2 heteroatoms. The van der Waals surface area contributed by atoms with Gasteiger partial charge in [-0.15, -0.1) is 0 Å². The van der Waals surface area contributed by atoms with Crippen molar-refractivity contribution >= 4 is 15.9 Å². The van der Waals surface area contributed by atoms with Crippen molar-refractivity contribution < 1.29 is 4.74 Å². The van der Waals surface area contributed by atoms with Gasteiger partial charge in [0.25, 0.3) is 0 Å². The van der Waals surface area contributed by atoms with Crippen molar-refractivity contribution in [2.75, 3.05) is 13.2 Å². The highest BCUT2D eigenvalue weighted by molar-refractivity contribution is 9.08. The molecule has 1 nitrogen and oxygen atoms in total. The first-order valence-corrected chi connectivity index (χ1v) is 6.60. The summed E-state index contributed by atoms with van der Waals surface area (Å²) in [6.45, 7) is 4.14. The summed E-state index contributed by atoms with van der Waals surface area (Å²) in [4.78, 5) is 0. The lowest BCUT2D eigenvalue weighted by Crippen LogP contribution is -2.30. The van der Waals surface area contributed by atoms with Gasteiger partial charge < -0.3 is 4.74 Å².